The predicted octanol–water partition coefficient (Wildman–Crippen LogP) is 2.76. The van der Waals surface area contributed by atoms with Crippen molar-refractivity contribution in [2.75, 3.05) is 12.3 Å². The number of hydrogen-bond acceptors (Lipinski definition) is 0. The topological polar surface area (TPSA) is 0 Å². The van der Waals surface area contributed by atoms with Crippen LogP contribution in [0.3, 0.4) is 0 Å². The Bertz CT molecular complexity index is 219. The van der Waals surface area contributed by atoms with Gasteiger partial charge in [-0.15, -0.1) is 0 Å². The van der Waals surface area contributed by atoms with Gasteiger partial charge >= 0.3 is 0 Å². The van der Waals surface area contributed by atoms with Crippen molar-refractivity contribution in [3.8, 4) is 0 Å². The molecule has 2 unspecified atom stereocenters. The molecule has 10 heavy (non-hydrogen) atoms. The molecule has 0 spiro atoms. The van der Waals surface area contributed by atoms with Gasteiger partial charge in [-0.3, -0.25) is 0 Å². The van der Waals surface area contributed by atoms with Crippen LogP contribution in [-0.4, -0.2) is 23.4 Å². The summed E-state index contributed by atoms with van der Waals surface area (Å²) in [7, 11) is 0.776. The molecule has 2 heteroatoms. The van der Waals surface area contributed by atoms with Crippen molar-refractivity contribution in [1.82, 2.24) is 0 Å². The molecule has 4 atom stereocenters. The molecule has 0 aromatic heterocycles. The Morgan fingerprint density at radius 3 is 3.20 bits per heavy atom. The lowest BCUT2D eigenvalue weighted by Gasteiger charge is -2.19. The lowest BCUT2D eigenvalue weighted by molar-refractivity contribution is 1.28. The molecule has 3 rings (SSSR count). The smallest absolute Gasteiger partial charge is 0.0216 e. The van der Waals surface area contributed by atoms with E-state index in [1.807, 2.05) is 0 Å². The molecule has 0 radical (unpaired) electrons. The summed E-state index contributed by atoms with van der Waals surface area (Å²) in [6.07, 6.45) is 10.4. The number of allylic oxidation sites excluding steroid dienone is 3. The first-order chi connectivity index (χ1) is 4.95. The second-order valence-corrected chi connectivity index (χ2v) is 8.41. The van der Waals surface area contributed by atoms with Crippen LogP contribution in [0.25, 0.3) is 0 Å². The molecule has 52 valence electrons. The fourth-order valence-electron chi connectivity index (χ4n) is 2.11. The van der Waals surface area contributed by atoms with Gasteiger partial charge in [-0.25, -0.2) is 0 Å². The zero-order chi connectivity index (χ0) is 6.55. The minimum atomic E-state index is 0.352. The summed E-state index contributed by atoms with van der Waals surface area (Å²) in [5.74, 6) is 2.51. The van der Waals surface area contributed by atoms with Gasteiger partial charge in [0.25, 0.3) is 0 Å². The molecule has 3 aliphatic rings. The van der Waals surface area contributed by atoms with Gasteiger partial charge in [0.15, 0.2) is 0 Å². The van der Waals surface area contributed by atoms with Gasteiger partial charge in [0, 0.05) is 11.1 Å². The van der Waals surface area contributed by atoms with E-state index < -0.39 is 0 Å². The molecular weight excluding hydrogens is 158 g/mol. The van der Waals surface area contributed by atoms with E-state index in [0.29, 0.717) is 15.8 Å². The SMILES string of the molecule is C1=C[C@H]2P3C=C[C@H](C3)P2C1. The summed E-state index contributed by atoms with van der Waals surface area (Å²) in [4.78, 5) is 0. The third-order valence-corrected chi connectivity index (χ3v) is 9.61. The van der Waals surface area contributed by atoms with Gasteiger partial charge in [0.2, 0.25) is 0 Å². The molecule has 3 aliphatic heterocycles. The van der Waals surface area contributed by atoms with Crippen LogP contribution in [0.2, 0.25) is 0 Å². The molecule has 0 nitrogen and oxygen atoms in total. The average molecular weight is 168 g/mol. The molecule has 0 aromatic rings. The van der Waals surface area contributed by atoms with Crippen LogP contribution < -0.4 is 0 Å². The van der Waals surface area contributed by atoms with Crippen LogP contribution in [-0.2, 0) is 0 Å². The summed E-state index contributed by atoms with van der Waals surface area (Å²) >= 11 is 0. The number of fused-ring (bicyclic) bond motifs is 5. The summed E-state index contributed by atoms with van der Waals surface area (Å²) in [6.45, 7) is 0. The highest BCUT2D eigenvalue weighted by Crippen LogP contribution is 2.75. The summed E-state index contributed by atoms with van der Waals surface area (Å²) in [5.41, 5.74) is 1.04. The minimum Gasteiger partial charge on any atom is -0.0835 e. The van der Waals surface area contributed by atoms with Crippen LogP contribution in [0.15, 0.2) is 24.0 Å². The second-order valence-electron chi connectivity index (χ2n) is 3.14. The highest BCUT2D eigenvalue weighted by molar-refractivity contribution is 7.82. The standard InChI is InChI=1S/C8H10P2/c1-2-8-9-5-3-7(6-9)10(8)4-1/h1-3,5,7-8H,4,6H2/t7-,8+,9?,10?/m1/s1. The fraction of sp³-hybridized carbons (Fsp3) is 0.500. The van der Waals surface area contributed by atoms with Crippen molar-refractivity contribution in [2.24, 2.45) is 0 Å². The lowest BCUT2D eigenvalue weighted by atomic mass is 10.5. The van der Waals surface area contributed by atoms with Crippen LogP contribution in [0.1, 0.15) is 0 Å². The van der Waals surface area contributed by atoms with Gasteiger partial charge in [0.05, 0.1) is 0 Å². The van der Waals surface area contributed by atoms with Crippen molar-refractivity contribution in [2.45, 2.75) is 11.1 Å². The Morgan fingerprint density at radius 2 is 2.30 bits per heavy atom. The highest BCUT2D eigenvalue weighted by Gasteiger charge is 2.43. The van der Waals surface area contributed by atoms with E-state index in [1.165, 1.54) is 6.16 Å². The van der Waals surface area contributed by atoms with Crippen molar-refractivity contribution >= 4 is 15.8 Å². The first kappa shape index (κ1) is 5.92. The lowest BCUT2D eigenvalue weighted by Crippen LogP contribution is -1.99. The summed E-state index contributed by atoms with van der Waals surface area (Å²) in [5, 5.41) is 1.07. The molecule has 0 N–H and O–H groups in total. The highest BCUT2D eigenvalue weighted by atomic mass is 31.2. The molecule has 2 bridgehead atoms. The van der Waals surface area contributed by atoms with E-state index in [9.17, 15) is 0 Å². The Kier molecular flexibility index (Phi) is 1.14. The Balaban J connectivity index is 2.04. The van der Waals surface area contributed by atoms with Crippen LogP contribution >= 0.6 is 15.8 Å². The van der Waals surface area contributed by atoms with Gasteiger partial charge in [-0.2, -0.15) is 0 Å². The van der Waals surface area contributed by atoms with Crippen LogP contribution in [0.4, 0.5) is 0 Å². The minimum absolute atomic E-state index is 0.352. The first-order valence-electron chi connectivity index (χ1n) is 3.82. The Morgan fingerprint density at radius 1 is 1.30 bits per heavy atom. The fourth-order valence-corrected chi connectivity index (χ4v) is 10.2. The maximum atomic E-state index is 2.51. The van der Waals surface area contributed by atoms with Crippen molar-refractivity contribution in [3.05, 3.63) is 24.0 Å². The summed E-state index contributed by atoms with van der Waals surface area (Å²) < 4.78 is 0. The number of rotatable bonds is 0. The second kappa shape index (κ2) is 1.93. The molecule has 3 heterocycles. The normalized spacial score (nSPS) is 54.4. The summed E-state index contributed by atoms with van der Waals surface area (Å²) in [6, 6.07) is 0. The van der Waals surface area contributed by atoms with Crippen LogP contribution in [0, 0.1) is 0 Å². The first-order valence-corrected chi connectivity index (χ1v) is 7.15. The monoisotopic (exact) mass is 168 g/mol. The maximum absolute atomic E-state index is 2.51. The van der Waals surface area contributed by atoms with Gasteiger partial charge < -0.3 is 0 Å². The molecular formula is C8H10P2. The van der Waals surface area contributed by atoms with E-state index in [0.717, 1.165) is 11.1 Å². The van der Waals surface area contributed by atoms with Crippen molar-refractivity contribution in [3.63, 3.8) is 0 Å². The van der Waals surface area contributed by atoms with Crippen LogP contribution in [0.5, 0.6) is 0 Å². The molecule has 1 saturated heterocycles. The molecule has 1 fully saturated rings. The van der Waals surface area contributed by atoms with Gasteiger partial charge in [-0.05, 0) is 12.3 Å². The predicted molar refractivity (Wildman–Crippen MR) is 49.4 cm³/mol. The quantitative estimate of drug-likeness (QED) is 0.385. The Labute approximate surface area is 63.9 Å². The molecule has 0 aliphatic carbocycles. The maximum Gasteiger partial charge on any atom is 0.0216 e. The molecule has 0 aromatic carbocycles. The molecule has 0 saturated carbocycles. The Hall–Kier alpha value is 0.340. The average Bonchev–Trinajstić information content (AvgIpc) is 2.60. The third-order valence-electron chi connectivity index (χ3n) is 2.63. The van der Waals surface area contributed by atoms with Crippen molar-refractivity contribution in [1.29, 1.82) is 0 Å². The molecule has 0 amide bonds. The number of hydrogen-bond donors (Lipinski definition) is 0. The van der Waals surface area contributed by atoms with Gasteiger partial charge in [-0.1, -0.05) is 39.9 Å². The van der Waals surface area contributed by atoms with E-state index in [1.54, 1.807) is 6.16 Å². The van der Waals surface area contributed by atoms with E-state index in [2.05, 4.69) is 24.0 Å². The van der Waals surface area contributed by atoms with E-state index in [4.69, 9.17) is 0 Å². The third kappa shape index (κ3) is 0.601. The van der Waals surface area contributed by atoms with E-state index >= 15 is 0 Å². The zero-order valence-electron chi connectivity index (χ0n) is 5.77. The van der Waals surface area contributed by atoms with Crippen molar-refractivity contribution < 1.29 is 0 Å². The largest absolute Gasteiger partial charge is 0.0835 e. The van der Waals surface area contributed by atoms with E-state index in [-0.39, 0.29) is 0 Å². The van der Waals surface area contributed by atoms with Gasteiger partial charge in [0.1, 0.15) is 0 Å². The zero-order valence-corrected chi connectivity index (χ0v) is 7.56.